The van der Waals surface area contributed by atoms with Gasteiger partial charge in [0.15, 0.2) is 0 Å². The van der Waals surface area contributed by atoms with E-state index in [9.17, 15) is 0 Å². The molecule has 1 aliphatic rings. The second kappa shape index (κ2) is 6.18. The van der Waals surface area contributed by atoms with Crippen LogP contribution in [0.2, 0.25) is 0 Å². The van der Waals surface area contributed by atoms with E-state index in [4.69, 9.17) is 0 Å². The molecule has 0 saturated carbocycles. The lowest BCUT2D eigenvalue weighted by atomic mass is 9.87. The SMILES string of the molecule is CCCCNC1CC(C)C(CC)C=N1. The predicted octanol–water partition coefficient (Wildman–Crippen LogP) is 2.84. The average Bonchev–Trinajstić information content (AvgIpc) is 2.18. The molecule has 0 aromatic heterocycles. The highest BCUT2D eigenvalue weighted by Crippen LogP contribution is 2.23. The van der Waals surface area contributed by atoms with Gasteiger partial charge in [0.2, 0.25) is 0 Å². The zero-order valence-electron chi connectivity index (χ0n) is 9.79. The van der Waals surface area contributed by atoms with Crippen molar-refractivity contribution < 1.29 is 0 Å². The molecular weight excluding hydrogens is 172 g/mol. The van der Waals surface area contributed by atoms with Crippen LogP contribution < -0.4 is 5.32 Å². The third-order valence-electron chi connectivity index (χ3n) is 3.17. The molecule has 2 nitrogen and oxygen atoms in total. The van der Waals surface area contributed by atoms with E-state index in [-0.39, 0.29) is 0 Å². The van der Waals surface area contributed by atoms with E-state index in [1.54, 1.807) is 0 Å². The van der Waals surface area contributed by atoms with Crippen LogP contribution in [0.4, 0.5) is 0 Å². The van der Waals surface area contributed by atoms with Gasteiger partial charge in [0, 0.05) is 6.21 Å². The summed E-state index contributed by atoms with van der Waals surface area (Å²) < 4.78 is 0. The summed E-state index contributed by atoms with van der Waals surface area (Å²) in [7, 11) is 0. The minimum atomic E-state index is 0.388. The Balaban J connectivity index is 2.29. The first-order chi connectivity index (χ1) is 6.77. The summed E-state index contributed by atoms with van der Waals surface area (Å²) in [4.78, 5) is 4.57. The molecule has 0 aromatic carbocycles. The second-order valence-electron chi connectivity index (χ2n) is 4.41. The molecule has 1 N–H and O–H groups in total. The Morgan fingerprint density at radius 2 is 2.21 bits per heavy atom. The molecule has 1 rings (SSSR count). The fraction of sp³-hybridized carbons (Fsp3) is 0.917. The first-order valence-electron chi connectivity index (χ1n) is 6.04. The van der Waals surface area contributed by atoms with Crippen LogP contribution in [0.3, 0.4) is 0 Å². The molecule has 3 atom stereocenters. The van der Waals surface area contributed by atoms with Crippen LogP contribution in [0.5, 0.6) is 0 Å². The maximum atomic E-state index is 4.57. The summed E-state index contributed by atoms with van der Waals surface area (Å²) >= 11 is 0. The van der Waals surface area contributed by atoms with Crippen LogP contribution in [0.15, 0.2) is 4.99 Å². The van der Waals surface area contributed by atoms with Gasteiger partial charge in [-0.05, 0) is 37.6 Å². The molecule has 0 aliphatic carbocycles. The van der Waals surface area contributed by atoms with Gasteiger partial charge in [-0.2, -0.15) is 0 Å². The number of aliphatic imine (C=N–C) groups is 1. The molecule has 0 radical (unpaired) electrons. The molecule has 0 spiro atoms. The van der Waals surface area contributed by atoms with Crippen molar-refractivity contribution in [3.63, 3.8) is 0 Å². The van der Waals surface area contributed by atoms with E-state index in [0.717, 1.165) is 12.5 Å². The fourth-order valence-electron chi connectivity index (χ4n) is 2.04. The van der Waals surface area contributed by atoms with Crippen molar-refractivity contribution >= 4 is 6.21 Å². The van der Waals surface area contributed by atoms with Gasteiger partial charge in [-0.1, -0.05) is 27.2 Å². The lowest BCUT2D eigenvalue weighted by Crippen LogP contribution is -2.35. The summed E-state index contributed by atoms with van der Waals surface area (Å²) in [6.45, 7) is 7.93. The monoisotopic (exact) mass is 196 g/mol. The molecular formula is C12H24N2. The standard InChI is InChI=1S/C12H24N2/c1-4-6-7-13-12-8-10(3)11(5-2)9-14-12/h9-13H,4-8H2,1-3H3. The van der Waals surface area contributed by atoms with E-state index in [1.807, 2.05) is 0 Å². The van der Waals surface area contributed by atoms with Gasteiger partial charge in [0.1, 0.15) is 0 Å². The van der Waals surface area contributed by atoms with Crippen molar-refractivity contribution in [1.82, 2.24) is 5.32 Å². The highest BCUT2D eigenvalue weighted by Gasteiger charge is 2.21. The minimum Gasteiger partial charge on any atom is -0.296 e. The van der Waals surface area contributed by atoms with E-state index in [2.05, 4.69) is 37.3 Å². The van der Waals surface area contributed by atoms with Gasteiger partial charge >= 0.3 is 0 Å². The molecule has 14 heavy (non-hydrogen) atoms. The summed E-state index contributed by atoms with van der Waals surface area (Å²) in [5.74, 6) is 1.50. The van der Waals surface area contributed by atoms with Crippen molar-refractivity contribution in [1.29, 1.82) is 0 Å². The Labute approximate surface area is 88.2 Å². The maximum absolute atomic E-state index is 4.57. The molecule has 1 aliphatic heterocycles. The Hall–Kier alpha value is -0.370. The lowest BCUT2D eigenvalue weighted by Gasteiger charge is -2.28. The Kier molecular flexibility index (Phi) is 5.16. The predicted molar refractivity (Wildman–Crippen MR) is 62.8 cm³/mol. The third-order valence-corrected chi connectivity index (χ3v) is 3.17. The largest absolute Gasteiger partial charge is 0.296 e. The third kappa shape index (κ3) is 3.41. The molecule has 0 fully saturated rings. The Morgan fingerprint density at radius 3 is 2.79 bits per heavy atom. The topological polar surface area (TPSA) is 24.4 Å². The summed E-state index contributed by atoms with van der Waals surface area (Å²) in [5.41, 5.74) is 0. The van der Waals surface area contributed by atoms with Crippen LogP contribution in [0, 0.1) is 11.8 Å². The summed E-state index contributed by atoms with van der Waals surface area (Å²) in [5, 5.41) is 3.50. The number of nitrogens with one attached hydrogen (secondary N) is 1. The summed E-state index contributed by atoms with van der Waals surface area (Å²) in [6.07, 6.45) is 7.51. The fourth-order valence-corrected chi connectivity index (χ4v) is 2.04. The van der Waals surface area contributed by atoms with Gasteiger partial charge in [-0.25, -0.2) is 0 Å². The first kappa shape index (κ1) is 11.7. The Bertz CT molecular complexity index is 177. The molecule has 3 unspecified atom stereocenters. The van der Waals surface area contributed by atoms with Gasteiger partial charge in [0.05, 0.1) is 6.17 Å². The normalized spacial score (nSPS) is 32.1. The van der Waals surface area contributed by atoms with Gasteiger partial charge in [0.25, 0.3) is 0 Å². The molecule has 0 saturated heterocycles. The lowest BCUT2D eigenvalue weighted by molar-refractivity contribution is 0.331. The molecule has 2 heteroatoms. The number of hydrogen-bond acceptors (Lipinski definition) is 2. The average molecular weight is 196 g/mol. The van der Waals surface area contributed by atoms with Crippen LogP contribution >= 0.6 is 0 Å². The van der Waals surface area contributed by atoms with Crippen molar-refractivity contribution in [2.75, 3.05) is 6.54 Å². The number of hydrogen-bond donors (Lipinski definition) is 1. The van der Waals surface area contributed by atoms with E-state index in [0.29, 0.717) is 12.1 Å². The van der Waals surface area contributed by atoms with Crippen molar-refractivity contribution in [3.8, 4) is 0 Å². The molecule has 0 amide bonds. The molecule has 1 heterocycles. The van der Waals surface area contributed by atoms with Gasteiger partial charge in [-0.15, -0.1) is 0 Å². The number of rotatable bonds is 5. The van der Waals surface area contributed by atoms with Gasteiger partial charge in [-0.3, -0.25) is 10.3 Å². The van der Waals surface area contributed by atoms with Gasteiger partial charge < -0.3 is 0 Å². The van der Waals surface area contributed by atoms with Crippen LogP contribution in [-0.2, 0) is 0 Å². The second-order valence-corrected chi connectivity index (χ2v) is 4.41. The minimum absolute atomic E-state index is 0.388. The van der Waals surface area contributed by atoms with E-state index >= 15 is 0 Å². The zero-order chi connectivity index (χ0) is 10.4. The molecule has 82 valence electrons. The molecule has 0 bridgehead atoms. The first-order valence-corrected chi connectivity index (χ1v) is 6.04. The molecule has 0 aromatic rings. The zero-order valence-corrected chi connectivity index (χ0v) is 9.79. The number of unbranched alkanes of at least 4 members (excludes halogenated alkanes) is 1. The maximum Gasteiger partial charge on any atom is 0.0993 e. The van der Waals surface area contributed by atoms with Crippen LogP contribution in [0.25, 0.3) is 0 Å². The number of nitrogens with zero attached hydrogens (tertiary/aromatic N) is 1. The van der Waals surface area contributed by atoms with Crippen LogP contribution in [0.1, 0.15) is 46.5 Å². The van der Waals surface area contributed by atoms with Crippen molar-refractivity contribution in [3.05, 3.63) is 0 Å². The van der Waals surface area contributed by atoms with E-state index < -0.39 is 0 Å². The highest BCUT2D eigenvalue weighted by molar-refractivity contribution is 5.62. The quantitative estimate of drug-likeness (QED) is 0.672. The highest BCUT2D eigenvalue weighted by atomic mass is 15.1. The smallest absolute Gasteiger partial charge is 0.0993 e. The van der Waals surface area contributed by atoms with E-state index in [1.165, 1.54) is 25.7 Å². The van der Waals surface area contributed by atoms with Crippen LogP contribution in [-0.4, -0.2) is 18.9 Å². The van der Waals surface area contributed by atoms with Crippen molar-refractivity contribution in [2.24, 2.45) is 16.8 Å². The van der Waals surface area contributed by atoms with Crippen molar-refractivity contribution in [2.45, 2.75) is 52.6 Å². The summed E-state index contributed by atoms with van der Waals surface area (Å²) in [6, 6.07) is 0. The Morgan fingerprint density at radius 1 is 1.43 bits per heavy atom.